The smallest absolute Gasteiger partial charge is 0.265 e. The molecule has 0 N–H and O–H groups in total. The zero-order valence-corrected chi connectivity index (χ0v) is 13.0. The van der Waals surface area contributed by atoms with Crippen LogP contribution in [-0.4, -0.2) is 48.9 Å². The number of carbonyl (C=O) groups excluding carboxylic acids is 1. The third-order valence-electron chi connectivity index (χ3n) is 3.74. The largest absolute Gasteiger partial charge is 0.337 e. The van der Waals surface area contributed by atoms with Gasteiger partial charge in [0.05, 0.1) is 5.02 Å². The van der Waals surface area contributed by atoms with Crippen molar-refractivity contribution < 1.29 is 4.79 Å². The van der Waals surface area contributed by atoms with Crippen molar-refractivity contribution in [2.24, 2.45) is 0 Å². The molecule has 1 aromatic heterocycles. The number of hydrogen-bond donors (Lipinski definition) is 0. The fourth-order valence-electron chi connectivity index (χ4n) is 2.54. The monoisotopic (exact) mass is 308 g/mol. The predicted molar refractivity (Wildman–Crippen MR) is 84.9 cm³/mol. The van der Waals surface area contributed by atoms with Gasteiger partial charge in [-0.25, -0.2) is 0 Å². The van der Waals surface area contributed by atoms with Gasteiger partial charge in [0, 0.05) is 29.7 Å². The summed E-state index contributed by atoms with van der Waals surface area (Å²) >= 11 is 7.89. The Morgan fingerprint density at radius 2 is 2.00 bits per heavy atom. The lowest BCUT2D eigenvalue weighted by atomic mass is 10.2. The van der Waals surface area contributed by atoms with Crippen LogP contribution in [0.5, 0.6) is 0 Å². The van der Waals surface area contributed by atoms with Gasteiger partial charge in [0.2, 0.25) is 0 Å². The molecule has 0 unspecified atom stereocenters. The number of rotatable bonds is 1. The Kier molecular flexibility index (Phi) is 3.96. The second-order valence-corrected chi connectivity index (χ2v) is 6.62. The van der Waals surface area contributed by atoms with E-state index in [9.17, 15) is 4.79 Å². The SMILES string of the molecule is CN1CCCN(C(=O)c2sc3ccccc3c2Cl)CC1. The summed E-state index contributed by atoms with van der Waals surface area (Å²) in [4.78, 5) is 17.6. The van der Waals surface area contributed by atoms with Crippen molar-refractivity contribution in [1.82, 2.24) is 9.80 Å². The van der Waals surface area contributed by atoms with E-state index in [2.05, 4.69) is 11.9 Å². The highest BCUT2D eigenvalue weighted by atomic mass is 35.5. The summed E-state index contributed by atoms with van der Waals surface area (Å²) in [7, 11) is 2.10. The summed E-state index contributed by atoms with van der Waals surface area (Å²) < 4.78 is 1.08. The number of halogens is 1. The lowest BCUT2D eigenvalue weighted by molar-refractivity contribution is 0.0768. The van der Waals surface area contributed by atoms with Crippen molar-refractivity contribution in [3.63, 3.8) is 0 Å². The van der Waals surface area contributed by atoms with Crippen LogP contribution in [0.25, 0.3) is 10.1 Å². The van der Waals surface area contributed by atoms with Gasteiger partial charge in [0.25, 0.3) is 5.91 Å². The van der Waals surface area contributed by atoms with Crippen LogP contribution in [0.1, 0.15) is 16.1 Å². The van der Waals surface area contributed by atoms with E-state index in [-0.39, 0.29) is 5.91 Å². The molecule has 1 aliphatic rings. The van der Waals surface area contributed by atoms with E-state index in [4.69, 9.17) is 11.6 Å². The molecular formula is C15H17ClN2OS. The summed E-state index contributed by atoms with van der Waals surface area (Å²) in [6.45, 7) is 3.56. The van der Waals surface area contributed by atoms with E-state index in [0.29, 0.717) is 9.90 Å². The fraction of sp³-hybridized carbons (Fsp3) is 0.400. The number of fused-ring (bicyclic) bond motifs is 1. The molecule has 3 nitrogen and oxygen atoms in total. The number of hydrogen-bond acceptors (Lipinski definition) is 3. The molecule has 0 saturated carbocycles. The molecule has 2 aromatic rings. The van der Waals surface area contributed by atoms with Crippen LogP contribution in [-0.2, 0) is 0 Å². The highest BCUT2D eigenvalue weighted by molar-refractivity contribution is 7.21. The molecule has 0 radical (unpaired) electrons. The fourth-order valence-corrected chi connectivity index (χ4v) is 4.02. The Morgan fingerprint density at radius 3 is 2.80 bits per heavy atom. The molecule has 1 aromatic carbocycles. The highest BCUT2D eigenvalue weighted by Crippen LogP contribution is 2.35. The van der Waals surface area contributed by atoms with Crippen molar-refractivity contribution in [3.05, 3.63) is 34.2 Å². The summed E-state index contributed by atoms with van der Waals surface area (Å²) in [5.41, 5.74) is 0. The zero-order valence-electron chi connectivity index (χ0n) is 11.4. The topological polar surface area (TPSA) is 23.6 Å². The van der Waals surface area contributed by atoms with E-state index < -0.39 is 0 Å². The Balaban J connectivity index is 1.90. The first-order valence-corrected chi connectivity index (χ1v) is 8.01. The van der Waals surface area contributed by atoms with Crippen molar-refractivity contribution in [2.75, 3.05) is 33.2 Å². The van der Waals surface area contributed by atoms with Gasteiger partial charge in [0.15, 0.2) is 0 Å². The lowest BCUT2D eigenvalue weighted by Gasteiger charge is -2.19. The molecule has 0 bridgehead atoms. The van der Waals surface area contributed by atoms with Crippen LogP contribution in [0.3, 0.4) is 0 Å². The average molecular weight is 309 g/mol. The molecule has 0 aliphatic carbocycles. The van der Waals surface area contributed by atoms with Crippen LogP contribution in [0, 0.1) is 0 Å². The molecule has 1 amide bonds. The van der Waals surface area contributed by atoms with Crippen molar-refractivity contribution in [1.29, 1.82) is 0 Å². The Morgan fingerprint density at radius 1 is 1.20 bits per heavy atom. The van der Waals surface area contributed by atoms with Gasteiger partial charge >= 0.3 is 0 Å². The number of amides is 1. The minimum atomic E-state index is 0.0755. The van der Waals surface area contributed by atoms with E-state index >= 15 is 0 Å². The molecule has 1 saturated heterocycles. The van der Waals surface area contributed by atoms with Gasteiger partial charge in [0.1, 0.15) is 4.88 Å². The summed E-state index contributed by atoms with van der Waals surface area (Å²) in [5.74, 6) is 0.0755. The first-order chi connectivity index (χ1) is 9.66. The number of thiophene rings is 1. The van der Waals surface area contributed by atoms with E-state index in [1.165, 1.54) is 11.3 Å². The van der Waals surface area contributed by atoms with E-state index in [1.54, 1.807) is 0 Å². The zero-order chi connectivity index (χ0) is 14.1. The maximum atomic E-state index is 12.7. The molecule has 5 heteroatoms. The van der Waals surface area contributed by atoms with Gasteiger partial charge in [-0.05, 0) is 26.1 Å². The maximum absolute atomic E-state index is 12.7. The van der Waals surface area contributed by atoms with Gasteiger partial charge in [-0.1, -0.05) is 29.8 Å². The quantitative estimate of drug-likeness (QED) is 0.807. The third kappa shape index (κ3) is 2.55. The van der Waals surface area contributed by atoms with Crippen molar-refractivity contribution in [3.8, 4) is 0 Å². The molecule has 0 atom stereocenters. The molecule has 3 rings (SSSR count). The molecule has 1 fully saturated rings. The minimum absolute atomic E-state index is 0.0755. The van der Waals surface area contributed by atoms with Gasteiger partial charge in [-0.15, -0.1) is 11.3 Å². The Bertz CT molecular complexity index is 640. The average Bonchev–Trinajstić information content (AvgIpc) is 2.64. The maximum Gasteiger partial charge on any atom is 0.265 e. The second-order valence-electron chi connectivity index (χ2n) is 5.19. The van der Waals surface area contributed by atoms with E-state index in [1.807, 2.05) is 29.2 Å². The number of likely N-dealkylation sites (N-methyl/N-ethyl adjacent to an activating group) is 1. The summed E-state index contributed by atoms with van der Waals surface area (Å²) in [6.07, 6.45) is 1.02. The Hall–Kier alpha value is -1.10. The molecule has 20 heavy (non-hydrogen) atoms. The van der Waals surface area contributed by atoms with Crippen molar-refractivity contribution >= 4 is 38.9 Å². The Labute approximate surface area is 127 Å². The normalized spacial score (nSPS) is 17.4. The molecule has 2 heterocycles. The highest BCUT2D eigenvalue weighted by Gasteiger charge is 2.23. The predicted octanol–water partition coefficient (Wildman–Crippen LogP) is 3.33. The minimum Gasteiger partial charge on any atom is -0.337 e. The molecular weight excluding hydrogens is 292 g/mol. The van der Waals surface area contributed by atoms with Crippen LogP contribution >= 0.6 is 22.9 Å². The van der Waals surface area contributed by atoms with Gasteiger partial charge in [-0.3, -0.25) is 4.79 Å². The number of nitrogens with zero attached hydrogens (tertiary/aromatic N) is 2. The van der Waals surface area contributed by atoms with Crippen LogP contribution in [0.2, 0.25) is 5.02 Å². The second kappa shape index (κ2) is 5.72. The van der Waals surface area contributed by atoms with E-state index in [0.717, 1.165) is 42.7 Å². The van der Waals surface area contributed by atoms with Gasteiger partial charge < -0.3 is 9.80 Å². The first kappa shape index (κ1) is 13.9. The van der Waals surface area contributed by atoms with Crippen LogP contribution in [0.4, 0.5) is 0 Å². The summed E-state index contributed by atoms with van der Waals surface area (Å²) in [5, 5.41) is 1.59. The summed E-state index contributed by atoms with van der Waals surface area (Å²) in [6, 6.07) is 7.92. The van der Waals surface area contributed by atoms with Crippen molar-refractivity contribution in [2.45, 2.75) is 6.42 Å². The number of benzene rings is 1. The van der Waals surface area contributed by atoms with Gasteiger partial charge in [-0.2, -0.15) is 0 Å². The first-order valence-electron chi connectivity index (χ1n) is 6.81. The molecule has 0 spiro atoms. The molecule has 106 valence electrons. The lowest BCUT2D eigenvalue weighted by Crippen LogP contribution is -2.34. The number of carbonyl (C=O) groups is 1. The molecule has 1 aliphatic heterocycles. The third-order valence-corrected chi connectivity index (χ3v) is 5.40. The standard InChI is InChI=1S/C15H17ClN2OS/c1-17-7-4-8-18(10-9-17)15(19)14-13(16)11-5-2-3-6-12(11)20-14/h2-3,5-6H,4,7-10H2,1H3. The van der Waals surface area contributed by atoms with Crippen LogP contribution < -0.4 is 0 Å². The van der Waals surface area contributed by atoms with Crippen LogP contribution in [0.15, 0.2) is 24.3 Å².